The molecule has 1 aliphatic rings. The van der Waals surface area contributed by atoms with Gasteiger partial charge in [-0.15, -0.1) is 0 Å². The summed E-state index contributed by atoms with van der Waals surface area (Å²) in [7, 11) is 0. The van der Waals surface area contributed by atoms with E-state index in [4.69, 9.17) is 11.6 Å². The first-order chi connectivity index (χ1) is 7.59. The third-order valence-corrected chi connectivity index (χ3v) is 4.05. The van der Waals surface area contributed by atoms with E-state index in [0.29, 0.717) is 6.42 Å². The lowest BCUT2D eigenvalue weighted by Gasteiger charge is -2.35. The Morgan fingerprint density at radius 1 is 1.31 bits per heavy atom. The minimum absolute atomic E-state index is 0.530. The molecule has 1 fully saturated rings. The fraction of sp³-hybridized carbons (Fsp3) is 0.571. The molecule has 0 saturated heterocycles. The molecule has 1 aliphatic carbocycles. The molecule has 0 heterocycles. The van der Waals surface area contributed by atoms with Gasteiger partial charge in [-0.3, -0.25) is 0 Å². The van der Waals surface area contributed by atoms with Crippen LogP contribution in [-0.4, -0.2) is 10.7 Å². The lowest BCUT2D eigenvalue weighted by Crippen LogP contribution is -2.35. The van der Waals surface area contributed by atoms with Crippen molar-refractivity contribution in [2.75, 3.05) is 0 Å². The van der Waals surface area contributed by atoms with Gasteiger partial charge >= 0.3 is 0 Å². The second-order valence-electron chi connectivity index (χ2n) is 5.18. The van der Waals surface area contributed by atoms with E-state index in [9.17, 15) is 5.11 Å². The summed E-state index contributed by atoms with van der Waals surface area (Å²) in [4.78, 5) is 0. The van der Waals surface area contributed by atoms with Gasteiger partial charge in [0.25, 0.3) is 0 Å². The summed E-state index contributed by atoms with van der Waals surface area (Å²) < 4.78 is 0. The first kappa shape index (κ1) is 11.9. The standard InChI is InChI=1S/C14H19ClO/c1-11-6-8-14(16,9-7-11)10-12-4-2-3-5-13(12)15/h2-5,11,16H,6-10H2,1H3. The van der Waals surface area contributed by atoms with Crippen molar-refractivity contribution in [3.05, 3.63) is 34.9 Å². The van der Waals surface area contributed by atoms with Crippen molar-refractivity contribution in [3.8, 4) is 0 Å². The summed E-state index contributed by atoms with van der Waals surface area (Å²) in [5, 5.41) is 11.3. The van der Waals surface area contributed by atoms with E-state index in [1.165, 1.54) is 0 Å². The van der Waals surface area contributed by atoms with Crippen LogP contribution in [0.1, 0.15) is 38.2 Å². The number of halogens is 1. The van der Waals surface area contributed by atoms with E-state index in [1.807, 2.05) is 24.3 Å². The lowest BCUT2D eigenvalue weighted by atomic mass is 9.76. The molecule has 1 N–H and O–H groups in total. The van der Waals surface area contributed by atoms with Gasteiger partial charge in [0.1, 0.15) is 0 Å². The Labute approximate surface area is 102 Å². The third kappa shape index (κ3) is 2.78. The molecule has 0 radical (unpaired) electrons. The predicted octanol–water partition coefficient (Wildman–Crippen LogP) is 3.82. The molecule has 88 valence electrons. The maximum atomic E-state index is 10.5. The van der Waals surface area contributed by atoms with Gasteiger partial charge in [-0.05, 0) is 43.2 Å². The Kier molecular flexibility index (Phi) is 3.56. The second kappa shape index (κ2) is 4.77. The highest BCUT2D eigenvalue weighted by molar-refractivity contribution is 6.31. The molecule has 0 aliphatic heterocycles. The van der Waals surface area contributed by atoms with Gasteiger partial charge in [0.05, 0.1) is 5.60 Å². The van der Waals surface area contributed by atoms with Crippen molar-refractivity contribution in [1.82, 2.24) is 0 Å². The monoisotopic (exact) mass is 238 g/mol. The van der Waals surface area contributed by atoms with Crippen LogP contribution in [0.5, 0.6) is 0 Å². The zero-order valence-electron chi connectivity index (χ0n) is 9.75. The van der Waals surface area contributed by atoms with Crippen molar-refractivity contribution >= 4 is 11.6 Å². The second-order valence-corrected chi connectivity index (χ2v) is 5.58. The van der Waals surface area contributed by atoms with E-state index >= 15 is 0 Å². The molecule has 1 aromatic carbocycles. The molecule has 0 bridgehead atoms. The van der Waals surface area contributed by atoms with Crippen LogP contribution in [-0.2, 0) is 6.42 Å². The zero-order chi connectivity index (χ0) is 11.6. The van der Waals surface area contributed by atoms with E-state index in [0.717, 1.165) is 42.2 Å². The van der Waals surface area contributed by atoms with Gasteiger partial charge in [-0.25, -0.2) is 0 Å². The Morgan fingerprint density at radius 3 is 2.56 bits per heavy atom. The molecule has 0 spiro atoms. The molecule has 0 atom stereocenters. The first-order valence-electron chi connectivity index (χ1n) is 6.05. The average Bonchev–Trinajstić information content (AvgIpc) is 2.27. The normalized spacial score (nSPS) is 30.3. The molecule has 2 rings (SSSR count). The number of benzene rings is 1. The van der Waals surface area contributed by atoms with Crippen LogP contribution in [0.3, 0.4) is 0 Å². The molecule has 1 saturated carbocycles. The molecule has 0 aromatic heterocycles. The van der Waals surface area contributed by atoms with Gasteiger partial charge < -0.3 is 5.11 Å². The maximum Gasteiger partial charge on any atom is 0.0688 e. The molecule has 1 aromatic rings. The summed E-state index contributed by atoms with van der Waals surface area (Å²) in [6, 6.07) is 7.82. The fourth-order valence-electron chi connectivity index (χ4n) is 2.47. The minimum atomic E-state index is -0.530. The highest BCUT2D eigenvalue weighted by Gasteiger charge is 2.32. The van der Waals surface area contributed by atoms with E-state index in [2.05, 4.69) is 6.92 Å². The lowest BCUT2D eigenvalue weighted by molar-refractivity contribution is -0.00665. The van der Waals surface area contributed by atoms with E-state index in [-0.39, 0.29) is 0 Å². The van der Waals surface area contributed by atoms with Crippen LogP contribution in [0.4, 0.5) is 0 Å². The van der Waals surface area contributed by atoms with Gasteiger partial charge in [0.2, 0.25) is 0 Å². The SMILES string of the molecule is CC1CCC(O)(Cc2ccccc2Cl)CC1. The van der Waals surface area contributed by atoms with Crippen LogP contribution in [0.25, 0.3) is 0 Å². The van der Waals surface area contributed by atoms with Crippen LogP contribution < -0.4 is 0 Å². The topological polar surface area (TPSA) is 20.2 Å². The van der Waals surface area contributed by atoms with Crippen LogP contribution in [0.2, 0.25) is 5.02 Å². The zero-order valence-corrected chi connectivity index (χ0v) is 10.5. The molecule has 16 heavy (non-hydrogen) atoms. The maximum absolute atomic E-state index is 10.5. The summed E-state index contributed by atoms with van der Waals surface area (Å²) in [6.07, 6.45) is 4.75. The Balaban J connectivity index is 2.07. The van der Waals surface area contributed by atoms with Gasteiger partial charge in [0, 0.05) is 11.4 Å². The Bertz CT molecular complexity index is 354. The quantitative estimate of drug-likeness (QED) is 0.831. The van der Waals surface area contributed by atoms with Gasteiger partial charge in [0.15, 0.2) is 0 Å². The molecular formula is C14H19ClO. The Morgan fingerprint density at radius 2 is 1.94 bits per heavy atom. The largest absolute Gasteiger partial charge is 0.390 e. The third-order valence-electron chi connectivity index (χ3n) is 3.68. The highest BCUT2D eigenvalue weighted by Crippen LogP contribution is 2.35. The number of aliphatic hydroxyl groups is 1. The smallest absolute Gasteiger partial charge is 0.0688 e. The number of rotatable bonds is 2. The van der Waals surface area contributed by atoms with Crippen molar-refractivity contribution in [2.24, 2.45) is 5.92 Å². The van der Waals surface area contributed by atoms with E-state index < -0.39 is 5.60 Å². The molecule has 0 unspecified atom stereocenters. The molecular weight excluding hydrogens is 220 g/mol. The Hall–Kier alpha value is -0.530. The first-order valence-corrected chi connectivity index (χ1v) is 6.43. The number of hydrogen-bond donors (Lipinski definition) is 1. The van der Waals surface area contributed by atoms with Crippen LogP contribution in [0.15, 0.2) is 24.3 Å². The summed E-state index contributed by atoms with van der Waals surface area (Å²) >= 11 is 6.12. The molecule has 0 amide bonds. The van der Waals surface area contributed by atoms with Gasteiger partial charge in [-0.2, -0.15) is 0 Å². The van der Waals surface area contributed by atoms with Crippen molar-refractivity contribution in [3.63, 3.8) is 0 Å². The van der Waals surface area contributed by atoms with Crippen molar-refractivity contribution < 1.29 is 5.11 Å². The summed E-state index contributed by atoms with van der Waals surface area (Å²) in [6.45, 7) is 2.26. The predicted molar refractivity (Wildman–Crippen MR) is 67.7 cm³/mol. The van der Waals surface area contributed by atoms with E-state index in [1.54, 1.807) is 0 Å². The van der Waals surface area contributed by atoms with Crippen LogP contribution >= 0.6 is 11.6 Å². The molecule has 2 heteroatoms. The fourth-order valence-corrected chi connectivity index (χ4v) is 2.68. The summed E-state index contributed by atoms with van der Waals surface area (Å²) in [5.74, 6) is 0.756. The van der Waals surface area contributed by atoms with Crippen molar-refractivity contribution in [1.29, 1.82) is 0 Å². The average molecular weight is 239 g/mol. The number of hydrogen-bond acceptors (Lipinski definition) is 1. The minimum Gasteiger partial charge on any atom is -0.390 e. The summed E-state index contributed by atoms with van der Waals surface area (Å²) in [5.41, 5.74) is 0.540. The highest BCUT2D eigenvalue weighted by atomic mass is 35.5. The van der Waals surface area contributed by atoms with Crippen LogP contribution in [0, 0.1) is 5.92 Å². The molecule has 1 nitrogen and oxygen atoms in total. The van der Waals surface area contributed by atoms with Gasteiger partial charge in [-0.1, -0.05) is 36.7 Å². The van der Waals surface area contributed by atoms with Crippen molar-refractivity contribution in [2.45, 2.75) is 44.6 Å².